The van der Waals surface area contributed by atoms with Gasteiger partial charge in [0.2, 0.25) is 5.91 Å². The molecule has 2 aromatic rings. The van der Waals surface area contributed by atoms with Crippen molar-refractivity contribution in [3.63, 3.8) is 0 Å². The molecule has 1 spiro atoms. The zero-order valence-corrected chi connectivity index (χ0v) is 16.3. The molecule has 5 rings (SSSR count). The topological polar surface area (TPSA) is 94.1 Å². The van der Waals surface area contributed by atoms with Gasteiger partial charge in [0.15, 0.2) is 0 Å². The first-order chi connectivity index (χ1) is 13.6. The molecule has 3 N–H and O–H groups in total. The maximum atomic E-state index is 13.0. The van der Waals surface area contributed by atoms with Gasteiger partial charge in [-0.3, -0.25) is 4.79 Å². The predicted octanol–water partition coefficient (Wildman–Crippen LogP) is 2.38. The van der Waals surface area contributed by atoms with E-state index in [9.17, 15) is 9.90 Å². The Kier molecular flexibility index (Phi) is 4.30. The Morgan fingerprint density at radius 3 is 2.86 bits per heavy atom. The Bertz CT molecular complexity index is 869. The highest BCUT2D eigenvalue weighted by Crippen LogP contribution is 2.56. The molecule has 1 unspecified atom stereocenters. The van der Waals surface area contributed by atoms with Crippen LogP contribution in [0, 0.1) is 11.3 Å². The van der Waals surface area contributed by atoms with Crippen LogP contribution in [0.4, 0.5) is 5.82 Å². The lowest BCUT2D eigenvalue weighted by Gasteiger charge is -2.40. The minimum absolute atomic E-state index is 0.0412. The Balaban J connectivity index is 1.26. The summed E-state index contributed by atoms with van der Waals surface area (Å²) in [4.78, 5) is 27.3. The fourth-order valence-electron chi connectivity index (χ4n) is 5.29. The number of hydrogen-bond acceptors (Lipinski definition) is 5. The van der Waals surface area contributed by atoms with Crippen LogP contribution >= 0.6 is 0 Å². The van der Waals surface area contributed by atoms with Crippen molar-refractivity contribution in [3.8, 4) is 0 Å². The lowest BCUT2D eigenvalue weighted by atomic mass is 9.81. The molecule has 1 amide bonds. The number of hydrogen-bond donors (Lipinski definition) is 3. The molecule has 1 aliphatic heterocycles. The number of amides is 1. The summed E-state index contributed by atoms with van der Waals surface area (Å²) in [7, 11) is 0. The van der Waals surface area contributed by atoms with Crippen molar-refractivity contribution < 1.29 is 9.90 Å². The monoisotopic (exact) mass is 383 g/mol. The third kappa shape index (κ3) is 3.15. The molecule has 28 heavy (non-hydrogen) atoms. The fraction of sp³-hybridized carbons (Fsp3) is 0.667. The molecular formula is C21H29N5O2. The summed E-state index contributed by atoms with van der Waals surface area (Å²) < 4.78 is 0. The second-order valence-corrected chi connectivity index (χ2v) is 9.07. The van der Waals surface area contributed by atoms with E-state index in [0.717, 1.165) is 74.9 Å². The summed E-state index contributed by atoms with van der Waals surface area (Å²) in [5, 5.41) is 14.8. The number of H-pyrrole nitrogens is 1. The average molecular weight is 383 g/mol. The number of nitrogens with zero attached hydrogens (tertiary/aromatic N) is 3. The van der Waals surface area contributed by atoms with E-state index in [4.69, 9.17) is 0 Å². The SMILES string of the molecule is O=C(NCC1(O)CCCCC1)C1CCN(c2ncnc3[nH]ccc23)CC12CC2. The molecule has 150 valence electrons. The molecule has 2 saturated carbocycles. The van der Waals surface area contributed by atoms with Crippen molar-refractivity contribution in [2.45, 2.75) is 57.0 Å². The van der Waals surface area contributed by atoms with E-state index >= 15 is 0 Å². The van der Waals surface area contributed by atoms with E-state index in [1.54, 1.807) is 6.33 Å². The molecule has 3 heterocycles. The van der Waals surface area contributed by atoms with Crippen LogP contribution in [0.1, 0.15) is 51.4 Å². The van der Waals surface area contributed by atoms with Gasteiger partial charge in [-0.25, -0.2) is 9.97 Å². The smallest absolute Gasteiger partial charge is 0.223 e. The van der Waals surface area contributed by atoms with Gasteiger partial charge in [0.05, 0.1) is 11.0 Å². The summed E-state index contributed by atoms with van der Waals surface area (Å²) in [5.74, 6) is 1.14. The van der Waals surface area contributed by atoms with Gasteiger partial charge in [-0.15, -0.1) is 0 Å². The van der Waals surface area contributed by atoms with Gasteiger partial charge in [0, 0.05) is 31.7 Å². The van der Waals surface area contributed by atoms with Crippen molar-refractivity contribution in [2.75, 3.05) is 24.5 Å². The predicted molar refractivity (Wildman–Crippen MR) is 107 cm³/mol. The molecule has 3 aliphatic rings. The largest absolute Gasteiger partial charge is 0.388 e. The van der Waals surface area contributed by atoms with E-state index < -0.39 is 5.60 Å². The third-order valence-corrected chi connectivity index (χ3v) is 7.15. The van der Waals surface area contributed by atoms with Crippen molar-refractivity contribution in [1.82, 2.24) is 20.3 Å². The van der Waals surface area contributed by atoms with Crippen LogP contribution in [0.3, 0.4) is 0 Å². The molecule has 0 bridgehead atoms. The van der Waals surface area contributed by atoms with Gasteiger partial charge < -0.3 is 20.3 Å². The van der Waals surface area contributed by atoms with E-state index in [2.05, 4.69) is 25.2 Å². The number of aromatic amines is 1. The van der Waals surface area contributed by atoms with Crippen LogP contribution in [0.2, 0.25) is 0 Å². The van der Waals surface area contributed by atoms with E-state index in [1.165, 1.54) is 6.42 Å². The van der Waals surface area contributed by atoms with Crippen LogP contribution in [0.5, 0.6) is 0 Å². The maximum absolute atomic E-state index is 13.0. The molecule has 3 fully saturated rings. The first kappa shape index (κ1) is 17.9. The first-order valence-electron chi connectivity index (χ1n) is 10.6. The fourth-order valence-corrected chi connectivity index (χ4v) is 5.29. The van der Waals surface area contributed by atoms with Crippen LogP contribution in [0.25, 0.3) is 11.0 Å². The van der Waals surface area contributed by atoms with E-state index in [-0.39, 0.29) is 17.2 Å². The molecule has 1 saturated heterocycles. The van der Waals surface area contributed by atoms with Crippen LogP contribution < -0.4 is 10.2 Å². The van der Waals surface area contributed by atoms with Crippen molar-refractivity contribution in [3.05, 3.63) is 18.6 Å². The number of fused-ring (bicyclic) bond motifs is 1. The standard InChI is InChI=1S/C21H29N5O2/c27-19(23-12-21(28)6-2-1-3-7-21)16-5-11-26(13-20(16)8-9-20)18-15-4-10-22-17(15)24-14-25-18/h4,10,14,16,28H,1-3,5-9,11-13H2,(H,23,27)(H,22,24,25). The van der Waals surface area contributed by atoms with Gasteiger partial charge >= 0.3 is 0 Å². The Morgan fingerprint density at radius 2 is 2.07 bits per heavy atom. The van der Waals surface area contributed by atoms with E-state index in [0.29, 0.717) is 6.54 Å². The highest BCUT2D eigenvalue weighted by molar-refractivity contribution is 5.87. The number of anilines is 1. The Morgan fingerprint density at radius 1 is 1.25 bits per heavy atom. The average Bonchev–Trinajstić information content (AvgIpc) is 3.28. The molecule has 2 aromatic heterocycles. The second kappa shape index (κ2) is 6.72. The van der Waals surface area contributed by atoms with E-state index in [1.807, 2.05) is 12.3 Å². The molecule has 7 heteroatoms. The number of carbonyl (C=O) groups excluding carboxylic acids is 1. The summed E-state index contributed by atoms with van der Waals surface area (Å²) in [6, 6.07) is 2.02. The maximum Gasteiger partial charge on any atom is 0.223 e. The summed E-state index contributed by atoms with van der Waals surface area (Å²) in [6.45, 7) is 2.09. The second-order valence-electron chi connectivity index (χ2n) is 9.07. The van der Waals surface area contributed by atoms with Gasteiger partial charge in [-0.2, -0.15) is 0 Å². The van der Waals surface area contributed by atoms with Gasteiger partial charge in [-0.05, 0) is 43.6 Å². The van der Waals surface area contributed by atoms with Crippen LogP contribution in [-0.2, 0) is 4.79 Å². The minimum atomic E-state index is -0.702. The minimum Gasteiger partial charge on any atom is -0.388 e. The number of aliphatic hydroxyl groups is 1. The van der Waals surface area contributed by atoms with Crippen molar-refractivity contribution in [2.24, 2.45) is 11.3 Å². The molecule has 2 aliphatic carbocycles. The lowest BCUT2D eigenvalue weighted by molar-refractivity contribution is -0.129. The summed E-state index contributed by atoms with van der Waals surface area (Å²) >= 11 is 0. The zero-order chi connectivity index (χ0) is 19.2. The van der Waals surface area contributed by atoms with Crippen LogP contribution in [-0.4, -0.2) is 51.2 Å². The number of rotatable bonds is 4. The summed E-state index contributed by atoms with van der Waals surface area (Å²) in [6.07, 6.45) is 11.4. The normalized spacial score (nSPS) is 25.8. The Hall–Kier alpha value is -2.15. The van der Waals surface area contributed by atoms with Crippen LogP contribution in [0.15, 0.2) is 18.6 Å². The first-order valence-corrected chi connectivity index (χ1v) is 10.6. The highest BCUT2D eigenvalue weighted by Gasteiger charge is 2.55. The number of carbonyl (C=O) groups is 1. The van der Waals surface area contributed by atoms with Crippen molar-refractivity contribution in [1.29, 1.82) is 0 Å². The molecule has 0 aromatic carbocycles. The Labute approximate surface area is 164 Å². The quantitative estimate of drug-likeness (QED) is 0.754. The highest BCUT2D eigenvalue weighted by atomic mass is 16.3. The molecule has 0 radical (unpaired) electrons. The third-order valence-electron chi connectivity index (χ3n) is 7.15. The molecule has 7 nitrogen and oxygen atoms in total. The van der Waals surface area contributed by atoms with Gasteiger partial charge in [-0.1, -0.05) is 19.3 Å². The number of nitrogens with one attached hydrogen (secondary N) is 2. The molecular weight excluding hydrogens is 354 g/mol. The van der Waals surface area contributed by atoms with Crippen molar-refractivity contribution >= 4 is 22.8 Å². The number of aromatic nitrogens is 3. The number of piperidine rings is 1. The summed E-state index contributed by atoms with van der Waals surface area (Å²) in [5.41, 5.74) is 0.215. The molecule has 1 atom stereocenters. The lowest BCUT2D eigenvalue weighted by Crippen LogP contribution is -2.51. The van der Waals surface area contributed by atoms with Gasteiger partial charge in [0.25, 0.3) is 0 Å². The van der Waals surface area contributed by atoms with Gasteiger partial charge in [0.1, 0.15) is 17.8 Å². The zero-order valence-electron chi connectivity index (χ0n) is 16.3.